The fourth-order valence-electron chi connectivity index (χ4n) is 3.73. The predicted octanol–water partition coefficient (Wildman–Crippen LogP) is 4.31. The molecule has 4 rings (SSSR count). The molecule has 0 unspecified atom stereocenters. The number of hydrogen-bond donors (Lipinski definition) is 1. The molecule has 3 heterocycles. The predicted molar refractivity (Wildman–Crippen MR) is 102 cm³/mol. The number of carbonyl (C=O) groups is 1. The molecule has 1 fully saturated rings. The first-order valence-electron chi connectivity index (χ1n) is 9.27. The number of nitrogens with one attached hydrogen (secondary N) is 1. The lowest BCUT2D eigenvalue weighted by molar-refractivity contribution is 0.221. The number of aromatic nitrogens is 3. The quantitative estimate of drug-likeness (QED) is 0.731. The summed E-state index contributed by atoms with van der Waals surface area (Å²) in [6.45, 7) is 5.16. The van der Waals surface area contributed by atoms with Crippen LogP contribution in [0.4, 0.5) is 19.3 Å². The largest absolute Gasteiger partial charge is 0.324 e. The van der Waals surface area contributed by atoms with Crippen molar-refractivity contribution < 1.29 is 13.6 Å². The number of imidazole rings is 1. The highest BCUT2D eigenvalue weighted by molar-refractivity contribution is 5.89. The summed E-state index contributed by atoms with van der Waals surface area (Å²) < 4.78 is 29.3. The number of benzene rings is 1. The lowest BCUT2D eigenvalue weighted by Crippen LogP contribution is -2.33. The van der Waals surface area contributed by atoms with Crippen molar-refractivity contribution in [1.82, 2.24) is 19.4 Å². The van der Waals surface area contributed by atoms with Crippen LogP contribution >= 0.6 is 0 Å². The monoisotopic (exact) mass is 385 g/mol. The fourth-order valence-corrected chi connectivity index (χ4v) is 3.73. The number of amides is 2. The van der Waals surface area contributed by atoms with Gasteiger partial charge in [-0.25, -0.2) is 18.6 Å². The summed E-state index contributed by atoms with van der Waals surface area (Å²) >= 11 is 0. The van der Waals surface area contributed by atoms with Crippen molar-refractivity contribution in [2.75, 3.05) is 18.4 Å². The van der Waals surface area contributed by atoms with Crippen LogP contribution in [0.2, 0.25) is 0 Å². The molecule has 1 aliphatic heterocycles. The third-order valence-corrected chi connectivity index (χ3v) is 5.05. The lowest BCUT2D eigenvalue weighted by Gasteiger charge is -2.19. The average molecular weight is 385 g/mol. The zero-order valence-electron chi connectivity index (χ0n) is 15.7. The molecule has 1 aliphatic rings. The van der Waals surface area contributed by atoms with Crippen LogP contribution in [-0.2, 0) is 0 Å². The first kappa shape index (κ1) is 18.3. The van der Waals surface area contributed by atoms with E-state index in [4.69, 9.17) is 4.98 Å². The van der Waals surface area contributed by atoms with Crippen LogP contribution in [-0.4, -0.2) is 38.6 Å². The molecule has 0 spiro atoms. The Bertz CT molecular complexity index is 1030. The van der Waals surface area contributed by atoms with Gasteiger partial charge in [0.15, 0.2) is 0 Å². The summed E-state index contributed by atoms with van der Waals surface area (Å²) in [5.74, 6) is -0.280. The maximum absolute atomic E-state index is 13.8. The first-order valence-corrected chi connectivity index (χ1v) is 9.27. The van der Waals surface area contributed by atoms with Gasteiger partial charge in [-0.05, 0) is 38.5 Å². The van der Waals surface area contributed by atoms with E-state index >= 15 is 0 Å². The molecule has 1 saturated heterocycles. The second kappa shape index (κ2) is 7.18. The van der Waals surface area contributed by atoms with E-state index in [1.807, 2.05) is 6.07 Å². The number of carbonyl (C=O) groups excluding carboxylic acids is 1. The Morgan fingerprint density at radius 1 is 1.29 bits per heavy atom. The molecule has 0 saturated carbocycles. The van der Waals surface area contributed by atoms with Crippen LogP contribution in [0.1, 0.15) is 38.1 Å². The van der Waals surface area contributed by atoms with Gasteiger partial charge in [-0.3, -0.25) is 4.98 Å². The number of pyridine rings is 1. The zero-order chi connectivity index (χ0) is 19.8. The zero-order valence-corrected chi connectivity index (χ0v) is 15.7. The minimum Gasteiger partial charge on any atom is -0.324 e. The molecule has 2 amide bonds. The van der Waals surface area contributed by atoms with Crippen LogP contribution < -0.4 is 5.32 Å². The Kier molecular flexibility index (Phi) is 4.70. The topological polar surface area (TPSA) is 63.1 Å². The van der Waals surface area contributed by atoms with Crippen LogP contribution in [0.15, 0.2) is 36.7 Å². The molecule has 6 nitrogen and oxygen atoms in total. The second-order valence-electron chi connectivity index (χ2n) is 7.28. The molecule has 0 aliphatic carbocycles. The fraction of sp³-hybridized carbons (Fsp3) is 0.350. The number of halogens is 2. The summed E-state index contributed by atoms with van der Waals surface area (Å²) in [7, 11) is 0. The molecule has 1 aromatic carbocycles. The second-order valence-corrected chi connectivity index (χ2v) is 7.28. The summed E-state index contributed by atoms with van der Waals surface area (Å²) in [5, 5.41) is 2.46. The molecular weight excluding hydrogens is 364 g/mol. The van der Waals surface area contributed by atoms with Crippen LogP contribution in [0.3, 0.4) is 0 Å². The van der Waals surface area contributed by atoms with Gasteiger partial charge >= 0.3 is 6.03 Å². The van der Waals surface area contributed by atoms with Crippen molar-refractivity contribution in [2.24, 2.45) is 0 Å². The van der Waals surface area contributed by atoms with E-state index in [2.05, 4.69) is 28.7 Å². The maximum Gasteiger partial charge on any atom is 0.321 e. The van der Waals surface area contributed by atoms with Gasteiger partial charge in [-0.1, -0.05) is 0 Å². The van der Waals surface area contributed by atoms with Gasteiger partial charge < -0.3 is 14.8 Å². The Hall–Kier alpha value is -3.03. The van der Waals surface area contributed by atoms with E-state index in [1.165, 1.54) is 0 Å². The summed E-state index contributed by atoms with van der Waals surface area (Å²) in [4.78, 5) is 23.1. The highest BCUT2D eigenvalue weighted by Crippen LogP contribution is 2.32. The van der Waals surface area contributed by atoms with Crippen molar-refractivity contribution in [2.45, 2.75) is 32.2 Å². The minimum absolute atomic E-state index is 0.0675. The number of nitrogens with zero attached hydrogens (tertiary/aromatic N) is 4. The normalized spacial score (nSPS) is 16.9. The highest BCUT2D eigenvalue weighted by atomic mass is 19.1. The van der Waals surface area contributed by atoms with E-state index in [0.29, 0.717) is 13.1 Å². The lowest BCUT2D eigenvalue weighted by atomic mass is 10.1. The smallest absolute Gasteiger partial charge is 0.321 e. The molecular formula is C20H21F2N5O. The minimum atomic E-state index is -0.667. The Balaban J connectivity index is 1.54. The van der Waals surface area contributed by atoms with Gasteiger partial charge in [0.2, 0.25) is 0 Å². The van der Waals surface area contributed by atoms with Gasteiger partial charge in [0, 0.05) is 37.3 Å². The van der Waals surface area contributed by atoms with E-state index in [0.717, 1.165) is 41.5 Å². The molecule has 1 N–H and O–H groups in total. The van der Waals surface area contributed by atoms with Crippen molar-refractivity contribution in [1.29, 1.82) is 0 Å². The summed E-state index contributed by atoms with van der Waals surface area (Å²) in [6.07, 6.45) is 4.27. The van der Waals surface area contributed by atoms with Gasteiger partial charge in [-0.2, -0.15) is 0 Å². The average Bonchev–Trinajstić information content (AvgIpc) is 3.29. The van der Waals surface area contributed by atoms with Gasteiger partial charge in [0.25, 0.3) is 0 Å². The number of likely N-dealkylation sites (tertiary alicyclic amines) is 1. The van der Waals surface area contributed by atoms with Crippen molar-refractivity contribution in [3.8, 4) is 0 Å². The Morgan fingerprint density at radius 3 is 2.89 bits per heavy atom. The number of urea groups is 1. The molecule has 3 aromatic rings. The van der Waals surface area contributed by atoms with E-state index in [-0.39, 0.29) is 17.6 Å². The van der Waals surface area contributed by atoms with Crippen LogP contribution in [0, 0.1) is 11.6 Å². The van der Waals surface area contributed by atoms with Crippen molar-refractivity contribution in [3.05, 3.63) is 54.1 Å². The molecule has 0 radical (unpaired) electrons. The first-order chi connectivity index (χ1) is 13.4. The van der Waals surface area contributed by atoms with Crippen LogP contribution in [0.25, 0.3) is 11.0 Å². The van der Waals surface area contributed by atoms with E-state index in [9.17, 15) is 13.6 Å². The standard InChI is InChI=1S/C20H21F2N5O/c1-12(2)27-18-10-23-7-5-16(18)24-19(27)13-6-8-26(11-13)20(28)25-17-9-14(21)3-4-15(17)22/h3-5,7,9-10,12-13H,6,8,11H2,1-2H3,(H,25,28)/t13-/m0/s1. The number of fused-ring (bicyclic) bond motifs is 1. The Morgan fingerprint density at radius 2 is 2.11 bits per heavy atom. The molecule has 146 valence electrons. The third kappa shape index (κ3) is 3.30. The highest BCUT2D eigenvalue weighted by Gasteiger charge is 2.31. The van der Waals surface area contributed by atoms with Crippen LogP contribution in [0.5, 0.6) is 0 Å². The van der Waals surface area contributed by atoms with Gasteiger partial charge in [0.05, 0.1) is 22.9 Å². The molecule has 8 heteroatoms. The number of rotatable bonds is 3. The van der Waals surface area contributed by atoms with E-state index in [1.54, 1.807) is 17.3 Å². The van der Waals surface area contributed by atoms with Crippen molar-refractivity contribution >= 4 is 22.8 Å². The van der Waals surface area contributed by atoms with Gasteiger partial charge in [0.1, 0.15) is 17.5 Å². The van der Waals surface area contributed by atoms with Crippen molar-refractivity contribution in [3.63, 3.8) is 0 Å². The number of anilines is 1. The third-order valence-electron chi connectivity index (χ3n) is 5.05. The summed E-state index contributed by atoms with van der Waals surface area (Å²) in [5.41, 5.74) is 1.69. The molecule has 1 atom stereocenters. The SMILES string of the molecule is CC(C)n1c([C@H]2CCN(C(=O)Nc3cc(F)ccc3F)C2)nc2ccncc21. The Labute approximate surface area is 161 Å². The molecule has 28 heavy (non-hydrogen) atoms. The van der Waals surface area contributed by atoms with E-state index < -0.39 is 17.7 Å². The summed E-state index contributed by atoms with van der Waals surface area (Å²) in [6, 6.07) is 4.63. The maximum atomic E-state index is 13.8. The van der Waals surface area contributed by atoms with Gasteiger partial charge in [-0.15, -0.1) is 0 Å². The number of hydrogen-bond acceptors (Lipinski definition) is 3. The molecule has 2 aromatic heterocycles. The molecule has 0 bridgehead atoms.